The van der Waals surface area contributed by atoms with Crippen LogP contribution < -0.4 is 38.1 Å². The molecule has 5 heterocycles. The molecule has 5 aliphatic heterocycles. The summed E-state index contributed by atoms with van der Waals surface area (Å²) in [6.07, 6.45) is -5.90. The Bertz CT molecular complexity index is 4960. The van der Waals surface area contributed by atoms with Crippen LogP contribution in [-0.2, 0) is 51.4 Å². The summed E-state index contributed by atoms with van der Waals surface area (Å²) in [7, 11) is 0. The van der Waals surface area contributed by atoms with Crippen LogP contribution in [0.1, 0.15) is 196 Å². The number of carbonyl (C=O) groups excluding carboxylic acids is 5. The largest absolute Gasteiger partial charge is 0.444 e. The Labute approximate surface area is 770 Å². The van der Waals surface area contributed by atoms with Gasteiger partial charge in [0.15, 0.2) is 25.8 Å². The maximum atomic E-state index is 14.7. The third-order valence-electron chi connectivity index (χ3n) is 22.6. The van der Waals surface area contributed by atoms with E-state index in [4.69, 9.17) is 40.1 Å². The smallest absolute Gasteiger partial charge is 0.413 e. The van der Waals surface area contributed by atoms with E-state index in [1.54, 1.807) is 140 Å². The van der Waals surface area contributed by atoms with Gasteiger partial charge in [-0.1, -0.05) is 95.2 Å². The lowest BCUT2D eigenvalue weighted by Crippen LogP contribution is -2.42. The number of thioether (sulfide) groups is 5. The van der Waals surface area contributed by atoms with Crippen molar-refractivity contribution in [3.05, 3.63) is 170 Å². The fourth-order valence-electron chi connectivity index (χ4n) is 17.7. The van der Waals surface area contributed by atoms with E-state index in [9.17, 15) is 78.7 Å². The number of nitro groups is 1. The van der Waals surface area contributed by atoms with E-state index in [-0.39, 0.29) is 95.1 Å². The van der Waals surface area contributed by atoms with Crippen LogP contribution >= 0.6 is 58.8 Å². The lowest BCUT2D eigenvalue weighted by atomic mass is 9.81. The predicted molar refractivity (Wildman–Crippen MR) is 491 cm³/mol. The highest BCUT2D eigenvalue weighted by Gasteiger charge is 2.58. The monoisotopic (exact) mass is 1910 g/mol. The number of alkyl halides is 4. The van der Waals surface area contributed by atoms with Crippen LogP contribution in [0.25, 0.3) is 0 Å². The summed E-state index contributed by atoms with van der Waals surface area (Å²) < 4.78 is 156. The topological polar surface area (TPSA) is 369 Å². The summed E-state index contributed by atoms with van der Waals surface area (Å²) >= 11 is 6.60. The first-order valence-corrected chi connectivity index (χ1v) is 47.4. The minimum atomic E-state index is -1.30. The molecule has 10 N–H and O–H groups in total. The molecule has 0 aromatic heterocycles. The number of fused-ring (bicyclic) bond motifs is 5. The van der Waals surface area contributed by atoms with Gasteiger partial charge in [-0.15, -0.1) is 0 Å². The number of ether oxygens (including phenoxy) is 5. The second-order valence-electron chi connectivity index (χ2n) is 38.5. The normalized spacial score (nSPS) is 28.2. The highest BCUT2D eigenvalue weighted by Crippen LogP contribution is 2.58. The van der Waals surface area contributed by atoms with Gasteiger partial charge in [-0.3, -0.25) is 61.7 Å². The molecular weight excluding hydrogens is 1800 g/mol. The van der Waals surface area contributed by atoms with Gasteiger partial charge in [0.05, 0.1) is 38.7 Å². The maximum absolute atomic E-state index is 14.7. The summed E-state index contributed by atoms with van der Waals surface area (Å²) in [6, 6.07) is 24.6. The summed E-state index contributed by atoms with van der Waals surface area (Å²) in [6.45, 7) is 26.3. The van der Waals surface area contributed by atoms with Crippen molar-refractivity contribution in [1.29, 1.82) is 0 Å². The number of hydrogen-bond acceptors (Lipinski definition) is 25. The Hall–Kier alpha value is -9.12. The first-order valence-electron chi connectivity index (χ1n) is 42.5. The molecule has 0 saturated heterocycles. The van der Waals surface area contributed by atoms with Gasteiger partial charge in [0.2, 0.25) is 0 Å². The first kappa shape index (κ1) is 101. The van der Waals surface area contributed by atoms with E-state index >= 15 is 0 Å². The molecule has 5 aliphatic carbocycles. The Kier molecular flexibility index (Phi) is 31.5. The van der Waals surface area contributed by atoms with Crippen molar-refractivity contribution in [3.8, 4) is 0 Å². The number of aliphatic hydroxyl groups is 1. The van der Waals surface area contributed by atoms with E-state index in [1.165, 1.54) is 107 Å². The summed E-state index contributed by atoms with van der Waals surface area (Å²) in [5.74, 6) is -0.412. The molecule has 0 spiro atoms. The SMILES string of the molecule is CC(C)(C)OC(=O)NC1=N[C@@]2(c3cc(N)ccc3F)C[C@@H](F)C[C@H]2CS1.CC(C)(C)OC(=O)NC1=N[C@@]2(c3cc(N)ccc3F)C[C@@H](F)C[C@H]2CS1.CC(C)(C)OC(=O)NC1=N[C@@]2(c3cc([N+](=O)[O-])ccc3F)C[C@@H](F)C[C@H]2CS1.CC(C)(C)OC(=O)NC1=N[C@@]2(c3ccccc3F)C[C@@H](F)C[C@H]2CS1.CC(C)(C)OC(=O)NC1=N[C@@]2(c3ccccc3F)C[C@H](O)C[C@H]2CS1. The molecule has 708 valence electrons. The summed E-state index contributed by atoms with van der Waals surface area (Å²) in [5, 5.41) is 35.9. The zero-order valence-corrected chi connectivity index (χ0v) is 78.9. The predicted octanol–water partition coefficient (Wildman–Crippen LogP) is 20.1. The fourth-order valence-corrected chi connectivity index (χ4v) is 23.5. The van der Waals surface area contributed by atoms with Crippen molar-refractivity contribution >= 4 is 132 Å². The van der Waals surface area contributed by atoms with Crippen LogP contribution in [0.5, 0.6) is 0 Å². The molecule has 0 radical (unpaired) electrons. The van der Waals surface area contributed by atoms with Crippen molar-refractivity contribution in [2.75, 3.05) is 40.2 Å². The summed E-state index contributed by atoms with van der Waals surface area (Å²) in [5.41, 5.74) is 5.07. The maximum Gasteiger partial charge on any atom is 0.413 e. The van der Waals surface area contributed by atoms with Crippen molar-refractivity contribution in [2.45, 2.75) is 255 Å². The van der Waals surface area contributed by atoms with Crippen LogP contribution in [0.3, 0.4) is 0 Å². The van der Waals surface area contributed by atoms with Crippen molar-refractivity contribution in [3.63, 3.8) is 0 Å². The van der Waals surface area contributed by atoms with Crippen molar-refractivity contribution < 1.29 is 97.2 Å². The molecule has 130 heavy (non-hydrogen) atoms. The zero-order chi connectivity index (χ0) is 95.4. The number of amidine groups is 5. The molecule has 26 nitrogen and oxygen atoms in total. The molecule has 15 atom stereocenters. The number of nitrogens with zero attached hydrogens (tertiary/aromatic N) is 6. The highest BCUT2D eigenvalue weighted by molar-refractivity contribution is 8.15. The zero-order valence-electron chi connectivity index (χ0n) is 74.8. The number of alkyl carbamates (subject to hydrolysis) is 5. The quantitative estimate of drug-likeness (QED) is 0.0257. The lowest BCUT2D eigenvalue weighted by molar-refractivity contribution is -0.385. The first-order chi connectivity index (χ1) is 60.6. The van der Waals surface area contributed by atoms with E-state index in [0.717, 1.165) is 18.2 Å². The average molecular weight is 1920 g/mol. The number of amides is 5. The Morgan fingerprint density at radius 3 is 0.862 bits per heavy atom. The number of aliphatic imine (C=N–C) groups is 5. The number of benzene rings is 5. The minimum absolute atomic E-state index is 0.0179. The molecule has 15 rings (SSSR count). The van der Waals surface area contributed by atoms with Crippen molar-refractivity contribution in [1.82, 2.24) is 26.6 Å². The number of non-ortho nitro benzene ring substituents is 1. The Morgan fingerprint density at radius 1 is 0.369 bits per heavy atom. The third-order valence-corrected chi connectivity index (χ3v) is 27.8. The van der Waals surface area contributed by atoms with Gasteiger partial charge in [-0.25, -0.2) is 63.5 Å². The fraction of sp³-hybridized carbons (Fsp3) is 0.556. The number of rotatable bonds is 6. The molecular formula is C90H112F9N13O13S5. The van der Waals surface area contributed by atoms with Crippen molar-refractivity contribution in [2.24, 2.45) is 54.6 Å². The van der Waals surface area contributed by atoms with Crippen LogP contribution in [0, 0.1) is 68.8 Å². The number of aliphatic hydroxyl groups excluding tert-OH is 1. The molecule has 5 saturated carbocycles. The standard InChI is InChI=1S/C18H21F2N3O4S.2C18H23F2N3O2S.C18H22F2N2O2S.C18H23FN2O3S/c1-17(2,3)27-16(24)21-15-22-18(8-11(19)6-10(18)9-28-15)13-7-12(23(25)26)4-5-14(13)20;2*1-17(2,3)25-16(24)22-15-23-18(8-11(19)6-10(18)9-26-15)13-7-12(21)4-5-14(13)20;1-17(2,3)24-16(23)21-15-22-18(13-6-4-5-7-14(13)20)9-12(19)8-11(18)10-25-15;1-17(2,3)24-16(23)20-15-21-18(13-6-4-5-7-14(13)19)9-12(22)8-11(18)10-25-15/h4-5,7,10-11H,6,8-9H2,1-3H3,(H,21,22,24);2*4-5,7,10-11H,6,8-9,21H2,1-3H3,(H,22,23,24);4-7,11-12H,8-10H2,1-3H3,(H,21,22,23);4-7,11-12,22H,8-10H2,1-3H3,(H,20,21,23)/t3*10-,11-,18-;11-,12-,18-;11-,12+,18-/m00000/s1. The number of nitro benzene ring substituents is 1. The molecule has 40 heteroatoms. The van der Waals surface area contributed by atoms with Gasteiger partial charge in [-0.05, 0) is 191 Å². The molecule has 5 aromatic rings. The minimum Gasteiger partial charge on any atom is -0.444 e. The van der Waals surface area contributed by atoms with Gasteiger partial charge in [-0.2, -0.15) is 0 Å². The third kappa shape index (κ3) is 25.2. The molecule has 5 amide bonds. The number of anilines is 2. The number of nitrogens with one attached hydrogen (secondary N) is 5. The number of nitrogens with two attached hydrogens (primary N) is 2. The average Bonchev–Trinajstić information content (AvgIpc) is 1.46. The Morgan fingerprint density at radius 2 is 0.600 bits per heavy atom. The molecule has 5 aromatic carbocycles. The van der Waals surface area contributed by atoms with E-state index in [1.807, 2.05) is 0 Å². The Balaban J connectivity index is 0.000000157. The van der Waals surface area contributed by atoms with Crippen LogP contribution in [0.4, 0.5) is 80.5 Å². The molecule has 10 aliphatic rings. The van der Waals surface area contributed by atoms with Crippen LogP contribution in [-0.4, -0.2) is 154 Å². The number of carbonyl (C=O) groups is 5. The van der Waals surface area contributed by atoms with Crippen LogP contribution in [0.15, 0.2) is 128 Å². The number of halogens is 9. The van der Waals surface area contributed by atoms with Gasteiger partial charge >= 0.3 is 30.5 Å². The second kappa shape index (κ2) is 40.4. The number of nitrogen functional groups attached to an aromatic ring is 2. The lowest BCUT2D eigenvalue weighted by Gasteiger charge is -2.36. The van der Waals surface area contributed by atoms with Gasteiger partial charge in [0.25, 0.3) is 5.69 Å². The molecule has 0 unspecified atom stereocenters. The molecule has 0 bridgehead atoms. The number of hydrogen-bond donors (Lipinski definition) is 8. The van der Waals surface area contributed by atoms with Gasteiger partial charge in [0, 0.05) is 142 Å². The van der Waals surface area contributed by atoms with Gasteiger partial charge < -0.3 is 40.3 Å². The van der Waals surface area contributed by atoms with Gasteiger partial charge in [0.1, 0.15) is 81.8 Å². The highest BCUT2D eigenvalue weighted by atomic mass is 32.2. The van der Waals surface area contributed by atoms with E-state index < -0.39 is 145 Å². The molecule has 5 fully saturated rings. The summed E-state index contributed by atoms with van der Waals surface area (Å²) in [4.78, 5) is 93.7. The van der Waals surface area contributed by atoms with E-state index in [0.29, 0.717) is 104 Å². The van der Waals surface area contributed by atoms with E-state index in [2.05, 4.69) is 46.6 Å². The van der Waals surface area contributed by atoms with Crippen LogP contribution in [0.2, 0.25) is 0 Å². The second-order valence-corrected chi connectivity index (χ2v) is 43.5.